The van der Waals surface area contributed by atoms with Crippen LogP contribution < -0.4 is 5.63 Å². The van der Waals surface area contributed by atoms with Crippen molar-refractivity contribution in [2.24, 2.45) is 0 Å². The van der Waals surface area contributed by atoms with E-state index in [1.165, 1.54) is 0 Å². The fourth-order valence-corrected chi connectivity index (χ4v) is 5.57. The number of carbonyl (C=O) groups is 1. The van der Waals surface area contributed by atoms with E-state index >= 15 is 0 Å². The average molecular weight is 480 g/mol. The van der Waals surface area contributed by atoms with Crippen LogP contribution in [0.25, 0.3) is 27.9 Å². The Bertz CT molecular complexity index is 1580. The van der Waals surface area contributed by atoms with E-state index in [9.17, 15) is 9.59 Å². The molecule has 1 saturated heterocycles. The molecule has 0 unspecified atom stereocenters. The summed E-state index contributed by atoms with van der Waals surface area (Å²) in [6.07, 6.45) is 1.92. The third-order valence-corrected chi connectivity index (χ3v) is 7.33. The van der Waals surface area contributed by atoms with Gasteiger partial charge in [0.2, 0.25) is 5.91 Å². The zero-order valence-corrected chi connectivity index (χ0v) is 19.5. The highest BCUT2D eigenvalue weighted by Gasteiger charge is 2.36. The Labute approximate surface area is 205 Å². The number of fused-ring (bicyclic) bond motifs is 1. The fraction of sp³-hybridized carbons (Fsp3) is 0.107. The molecule has 1 atom stereocenters. The zero-order valence-electron chi connectivity index (χ0n) is 18.7. The van der Waals surface area contributed by atoms with Crippen molar-refractivity contribution in [2.45, 2.75) is 11.9 Å². The molecule has 3 heterocycles. The minimum Gasteiger partial charge on any atom is -0.422 e. The molecule has 0 saturated carbocycles. The van der Waals surface area contributed by atoms with E-state index < -0.39 is 5.63 Å². The largest absolute Gasteiger partial charge is 0.422 e. The number of rotatable bonds is 5. The summed E-state index contributed by atoms with van der Waals surface area (Å²) in [5.41, 5.74) is 3.72. The standard InChI is InChI=1S/C28H21N3O3S/c32-25-18-35-27(30(25)16-19-9-3-1-4-10-19)23-17-31(21-12-5-2-6-13-21)29-26(23)22-15-20-11-7-8-14-24(20)34-28(22)33/h1-15,17,27H,16,18H2/t27-/m1/s1. The lowest BCUT2D eigenvalue weighted by molar-refractivity contribution is -0.128. The molecular weight excluding hydrogens is 458 g/mol. The van der Waals surface area contributed by atoms with E-state index in [1.54, 1.807) is 22.5 Å². The van der Waals surface area contributed by atoms with Gasteiger partial charge in [-0.2, -0.15) is 5.10 Å². The molecule has 1 fully saturated rings. The minimum atomic E-state index is -0.452. The molecule has 0 radical (unpaired) electrons. The molecule has 35 heavy (non-hydrogen) atoms. The molecule has 6 nitrogen and oxygen atoms in total. The zero-order chi connectivity index (χ0) is 23.8. The lowest BCUT2D eigenvalue weighted by Crippen LogP contribution is -2.27. The molecule has 2 aromatic heterocycles. The molecule has 0 spiro atoms. The van der Waals surface area contributed by atoms with Crippen LogP contribution in [-0.2, 0) is 11.3 Å². The third-order valence-electron chi connectivity index (χ3n) is 6.09. The number of thioether (sulfide) groups is 1. The Morgan fingerprint density at radius 1 is 0.914 bits per heavy atom. The van der Waals surface area contributed by atoms with E-state index in [-0.39, 0.29) is 11.3 Å². The second kappa shape index (κ2) is 8.92. The van der Waals surface area contributed by atoms with Gasteiger partial charge in [-0.25, -0.2) is 9.48 Å². The SMILES string of the molecule is O=C1CS[C@H](c2cn(-c3ccccc3)nc2-c2cc3ccccc3oc2=O)N1Cc1ccccc1. The molecule has 1 aliphatic rings. The number of para-hydroxylation sites is 2. The van der Waals surface area contributed by atoms with E-state index in [2.05, 4.69) is 0 Å². The first-order valence-corrected chi connectivity index (χ1v) is 12.4. The number of benzene rings is 3. The van der Waals surface area contributed by atoms with Gasteiger partial charge in [0.15, 0.2) is 0 Å². The molecule has 1 aliphatic heterocycles. The lowest BCUT2D eigenvalue weighted by atomic mass is 10.1. The van der Waals surface area contributed by atoms with Crippen molar-refractivity contribution in [1.82, 2.24) is 14.7 Å². The topological polar surface area (TPSA) is 68.3 Å². The van der Waals surface area contributed by atoms with Crippen LogP contribution in [0.4, 0.5) is 0 Å². The van der Waals surface area contributed by atoms with Gasteiger partial charge in [0.1, 0.15) is 16.7 Å². The molecule has 5 aromatic rings. The summed E-state index contributed by atoms with van der Waals surface area (Å²) in [6, 6.07) is 28.9. The summed E-state index contributed by atoms with van der Waals surface area (Å²) in [4.78, 5) is 27.9. The van der Waals surface area contributed by atoms with Crippen LogP contribution in [-0.4, -0.2) is 26.3 Å². The average Bonchev–Trinajstić information content (AvgIpc) is 3.48. The minimum absolute atomic E-state index is 0.0628. The molecule has 0 aliphatic carbocycles. The van der Waals surface area contributed by atoms with E-state index in [0.717, 1.165) is 22.2 Å². The highest BCUT2D eigenvalue weighted by molar-refractivity contribution is 8.00. The van der Waals surface area contributed by atoms with Crippen molar-refractivity contribution in [3.8, 4) is 16.9 Å². The number of hydrogen-bond donors (Lipinski definition) is 0. The van der Waals surface area contributed by atoms with Crippen molar-refractivity contribution >= 4 is 28.6 Å². The number of carbonyl (C=O) groups excluding carboxylic acids is 1. The quantitative estimate of drug-likeness (QED) is 0.315. The van der Waals surface area contributed by atoms with Crippen molar-refractivity contribution in [1.29, 1.82) is 0 Å². The number of aromatic nitrogens is 2. The highest BCUT2D eigenvalue weighted by atomic mass is 32.2. The Balaban J connectivity index is 1.51. The van der Waals surface area contributed by atoms with Crippen LogP contribution >= 0.6 is 11.8 Å². The van der Waals surface area contributed by atoms with Gasteiger partial charge in [0.25, 0.3) is 0 Å². The third kappa shape index (κ3) is 4.04. The lowest BCUT2D eigenvalue weighted by Gasteiger charge is -2.24. The van der Waals surface area contributed by atoms with Crippen molar-refractivity contribution in [2.75, 3.05) is 5.75 Å². The Hall–Kier alpha value is -4.10. The van der Waals surface area contributed by atoms with Crippen molar-refractivity contribution < 1.29 is 9.21 Å². The van der Waals surface area contributed by atoms with E-state index in [0.29, 0.717) is 29.1 Å². The maximum Gasteiger partial charge on any atom is 0.345 e. The molecule has 3 aromatic carbocycles. The second-order valence-electron chi connectivity index (χ2n) is 8.37. The van der Waals surface area contributed by atoms with Gasteiger partial charge in [0.05, 0.1) is 17.0 Å². The van der Waals surface area contributed by atoms with Crippen LogP contribution in [0.2, 0.25) is 0 Å². The van der Waals surface area contributed by atoms with Gasteiger partial charge >= 0.3 is 5.63 Å². The Morgan fingerprint density at radius 2 is 1.63 bits per heavy atom. The van der Waals surface area contributed by atoms with Crippen LogP contribution in [0.3, 0.4) is 0 Å². The first kappa shape index (κ1) is 21.4. The summed E-state index contributed by atoms with van der Waals surface area (Å²) in [5.74, 6) is 0.438. The highest BCUT2D eigenvalue weighted by Crippen LogP contribution is 2.43. The number of hydrogen-bond acceptors (Lipinski definition) is 5. The Morgan fingerprint density at radius 3 is 2.43 bits per heavy atom. The number of amides is 1. The maximum absolute atomic E-state index is 13.1. The molecule has 0 N–H and O–H groups in total. The Kier molecular flexibility index (Phi) is 5.47. The van der Waals surface area contributed by atoms with Gasteiger partial charge in [0, 0.05) is 23.7 Å². The van der Waals surface area contributed by atoms with Crippen LogP contribution in [0, 0.1) is 0 Å². The number of nitrogens with zero attached hydrogens (tertiary/aromatic N) is 3. The first-order chi connectivity index (χ1) is 17.2. The van der Waals surface area contributed by atoms with Gasteiger partial charge in [-0.3, -0.25) is 4.79 Å². The van der Waals surface area contributed by atoms with Gasteiger partial charge in [-0.1, -0.05) is 66.7 Å². The fourth-order valence-electron chi connectivity index (χ4n) is 4.38. The van der Waals surface area contributed by atoms with Crippen molar-refractivity contribution in [3.63, 3.8) is 0 Å². The summed E-state index contributed by atoms with van der Waals surface area (Å²) in [7, 11) is 0. The van der Waals surface area contributed by atoms with Crippen molar-refractivity contribution in [3.05, 3.63) is 119 Å². The summed E-state index contributed by atoms with van der Waals surface area (Å²) >= 11 is 1.55. The van der Waals surface area contributed by atoms with Gasteiger partial charge in [-0.15, -0.1) is 11.8 Å². The predicted molar refractivity (Wildman–Crippen MR) is 137 cm³/mol. The summed E-state index contributed by atoms with van der Waals surface area (Å²) in [6.45, 7) is 0.486. The van der Waals surface area contributed by atoms with Crippen LogP contribution in [0.5, 0.6) is 0 Å². The van der Waals surface area contributed by atoms with Crippen LogP contribution in [0.15, 0.2) is 106 Å². The molecule has 7 heteroatoms. The van der Waals surface area contributed by atoms with Gasteiger partial charge in [-0.05, 0) is 29.8 Å². The second-order valence-corrected chi connectivity index (χ2v) is 9.44. The smallest absolute Gasteiger partial charge is 0.345 e. The predicted octanol–water partition coefficient (Wildman–Crippen LogP) is 5.42. The summed E-state index contributed by atoms with van der Waals surface area (Å²) in [5, 5.41) is 5.38. The van der Waals surface area contributed by atoms with E-state index in [4.69, 9.17) is 9.52 Å². The molecular formula is C28H21N3O3S. The van der Waals surface area contributed by atoms with E-state index in [1.807, 2.05) is 96.0 Å². The molecule has 172 valence electrons. The normalized spacial score (nSPS) is 15.7. The molecule has 6 rings (SSSR count). The summed E-state index contributed by atoms with van der Waals surface area (Å²) < 4.78 is 7.40. The molecule has 1 amide bonds. The van der Waals surface area contributed by atoms with Gasteiger partial charge < -0.3 is 9.32 Å². The maximum atomic E-state index is 13.1. The monoisotopic (exact) mass is 479 g/mol. The first-order valence-electron chi connectivity index (χ1n) is 11.3. The molecule has 0 bridgehead atoms. The van der Waals surface area contributed by atoms with Crippen LogP contribution in [0.1, 0.15) is 16.5 Å².